The molecule has 2 aromatic rings. The number of fused-ring (bicyclic) bond motifs is 3. The van der Waals surface area contributed by atoms with Gasteiger partial charge in [0, 0.05) is 18.6 Å². The van der Waals surface area contributed by atoms with Crippen molar-refractivity contribution in [3.63, 3.8) is 0 Å². The molecule has 0 saturated heterocycles. The van der Waals surface area contributed by atoms with Crippen LogP contribution in [0.4, 0.5) is 5.69 Å². The van der Waals surface area contributed by atoms with Crippen molar-refractivity contribution in [2.24, 2.45) is 5.10 Å². The highest BCUT2D eigenvalue weighted by atomic mass is 35.5. The Bertz CT molecular complexity index is 900. The minimum Gasteiger partial charge on any atom is -0.489 e. The normalized spacial score (nSPS) is 23.3. The molecular formula is C21H21ClN2O3. The van der Waals surface area contributed by atoms with Crippen LogP contribution in [0, 0.1) is 0 Å². The van der Waals surface area contributed by atoms with Crippen LogP contribution in [0.1, 0.15) is 25.3 Å². The fourth-order valence-electron chi connectivity index (χ4n) is 4.26. The van der Waals surface area contributed by atoms with Gasteiger partial charge < -0.3 is 9.84 Å². The van der Waals surface area contributed by atoms with E-state index in [0.717, 1.165) is 11.3 Å². The molecule has 0 saturated carbocycles. The first kappa shape index (κ1) is 18.0. The first-order valence-electron chi connectivity index (χ1n) is 9.06. The summed E-state index contributed by atoms with van der Waals surface area (Å²) >= 11 is 6.21. The maximum atomic E-state index is 12.6. The van der Waals surface area contributed by atoms with E-state index in [0.29, 0.717) is 35.9 Å². The number of hydrogen-bond acceptors (Lipinski definition) is 5. The van der Waals surface area contributed by atoms with Crippen LogP contribution in [0.3, 0.4) is 0 Å². The van der Waals surface area contributed by atoms with Gasteiger partial charge in [0.1, 0.15) is 29.8 Å². The van der Waals surface area contributed by atoms with Gasteiger partial charge in [-0.15, -0.1) is 0 Å². The Morgan fingerprint density at radius 1 is 1.33 bits per heavy atom. The van der Waals surface area contributed by atoms with Crippen LogP contribution in [-0.2, 0) is 10.2 Å². The number of nitrogens with zero attached hydrogens (tertiary/aromatic N) is 2. The molecule has 2 aromatic carbocycles. The van der Waals surface area contributed by atoms with Crippen molar-refractivity contribution < 1.29 is 14.6 Å². The number of rotatable bonds is 5. The fourth-order valence-corrected chi connectivity index (χ4v) is 4.43. The maximum absolute atomic E-state index is 12.6. The summed E-state index contributed by atoms with van der Waals surface area (Å²) in [6.45, 7) is 2.00. The average Bonchev–Trinajstić information content (AvgIpc) is 3.03. The van der Waals surface area contributed by atoms with E-state index < -0.39 is 5.41 Å². The molecule has 0 spiro atoms. The molecule has 27 heavy (non-hydrogen) atoms. The van der Waals surface area contributed by atoms with Gasteiger partial charge in [-0.3, -0.25) is 9.80 Å². The highest BCUT2D eigenvalue weighted by Crippen LogP contribution is 2.48. The number of anilines is 1. The van der Waals surface area contributed by atoms with E-state index in [1.54, 1.807) is 13.0 Å². The Morgan fingerprint density at radius 2 is 2.11 bits per heavy atom. The molecular weight excluding hydrogens is 364 g/mol. The van der Waals surface area contributed by atoms with Crippen molar-refractivity contribution in [2.75, 3.05) is 18.2 Å². The molecule has 1 N–H and O–H groups in total. The number of carbonyl (C=O) groups excluding carboxylic acids is 1. The highest BCUT2D eigenvalue weighted by molar-refractivity contribution is 6.43. The maximum Gasteiger partial charge on any atom is 0.176 e. The van der Waals surface area contributed by atoms with Crippen LogP contribution >= 0.6 is 11.6 Å². The van der Waals surface area contributed by atoms with Gasteiger partial charge in [0.25, 0.3) is 0 Å². The van der Waals surface area contributed by atoms with Gasteiger partial charge in [0.05, 0.1) is 5.41 Å². The van der Waals surface area contributed by atoms with Crippen LogP contribution < -0.4 is 9.75 Å². The van der Waals surface area contributed by atoms with Gasteiger partial charge in [-0.25, -0.2) is 0 Å². The van der Waals surface area contributed by atoms with Gasteiger partial charge >= 0.3 is 0 Å². The Balaban J connectivity index is 1.91. The van der Waals surface area contributed by atoms with E-state index in [-0.39, 0.29) is 18.4 Å². The Labute approximate surface area is 163 Å². The molecule has 0 radical (unpaired) electrons. The Kier molecular flexibility index (Phi) is 4.66. The second kappa shape index (κ2) is 6.98. The summed E-state index contributed by atoms with van der Waals surface area (Å²) in [4.78, 5) is 12.6. The molecule has 0 amide bonds. The van der Waals surface area contributed by atoms with Crippen molar-refractivity contribution in [3.05, 3.63) is 59.1 Å². The van der Waals surface area contributed by atoms with E-state index in [2.05, 4.69) is 0 Å². The molecule has 0 bridgehead atoms. The van der Waals surface area contributed by atoms with Gasteiger partial charge in [-0.05, 0) is 36.6 Å². The Hall–Kier alpha value is -2.37. The lowest BCUT2D eigenvalue weighted by molar-refractivity contribution is -0.111. The monoisotopic (exact) mass is 384 g/mol. The third-order valence-electron chi connectivity index (χ3n) is 5.41. The number of ketones is 1. The predicted molar refractivity (Wildman–Crippen MR) is 106 cm³/mol. The molecule has 1 unspecified atom stereocenters. The van der Waals surface area contributed by atoms with E-state index in [1.165, 1.54) is 0 Å². The average molecular weight is 385 g/mol. The summed E-state index contributed by atoms with van der Waals surface area (Å²) in [6, 6.07) is 15.2. The summed E-state index contributed by atoms with van der Waals surface area (Å²) < 4.78 is 6.03. The minimum atomic E-state index is -0.643. The molecule has 2 atom stereocenters. The SMILES string of the molecule is CC(=O)C1=NN2c3cc(Cl)ccc3OCC2[C@@]1(CCCO)c1ccccc1. The van der Waals surface area contributed by atoms with Gasteiger partial charge in [0.2, 0.25) is 0 Å². The number of benzene rings is 2. The smallest absolute Gasteiger partial charge is 0.176 e. The zero-order valence-electron chi connectivity index (χ0n) is 15.1. The van der Waals surface area contributed by atoms with Crippen LogP contribution in [0.25, 0.3) is 0 Å². The number of Topliss-reactive ketones (excluding diaryl/α,β-unsaturated/α-hetero) is 1. The largest absolute Gasteiger partial charge is 0.489 e. The molecule has 0 aliphatic carbocycles. The number of ether oxygens (including phenoxy) is 1. The van der Waals surface area contributed by atoms with Crippen molar-refractivity contribution in [2.45, 2.75) is 31.2 Å². The van der Waals surface area contributed by atoms with Crippen molar-refractivity contribution >= 4 is 28.8 Å². The number of aliphatic hydroxyl groups excluding tert-OH is 1. The second-order valence-corrected chi connectivity index (χ2v) is 7.39. The third kappa shape index (κ3) is 2.82. The Morgan fingerprint density at radius 3 is 2.81 bits per heavy atom. The second-order valence-electron chi connectivity index (χ2n) is 6.95. The van der Waals surface area contributed by atoms with Crippen molar-refractivity contribution in [1.29, 1.82) is 0 Å². The molecule has 6 heteroatoms. The molecule has 2 aliphatic rings. The summed E-state index contributed by atoms with van der Waals surface area (Å²) in [5.41, 5.74) is 1.63. The predicted octanol–water partition coefficient (Wildman–Crippen LogP) is 3.58. The van der Waals surface area contributed by atoms with Crippen LogP contribution in [0.5, 0.6) is 5.75 Å². The van der Waals surface area contributed by atoms with E-state index in [4.69, 9.17) is 21.4 Å². The lowest BCUT2D eigenvalue weighted by atomic mass is 9.67. The molecule has 2 heterocycles. The van der Waals surface area contributed by atoms with E-state index >= 15 is 0 Å². The standard InChI is InChI=1S/C21H21ClN2O3/c1-14(26)20-21(10-5-11-25,15-6-3-2-4-7-15)19-13-27-18-9-8-16(22)12-17(18)24(19)23-20/h2-4,6-9,12,19,25H,5,10-11,13H2,1H3/t19?,21-/m1/s1. The number of aliphatic hydroxyl groups is 1. The first-order valence-corrected chi connectivity index (χ1v) is 9.43. The summed E-state index contributed by atoms with van der Waals surface area (Å²) in [6.07, 6.45) is 1.17. The highest BCUT2D eigenvalue weighted by Gasteiger charge is 2.55. The third-order valence-corrected chi connectivity index (χ3v) is 5.65. The quantitative estimate of drug-likeness (QED) is 0.855. The van der Waals surface area contributed by atoms with Gasteiger partial charge in [-0.2, -0.15) is 5.10 Å². The number of hydrazone groups is 1. The first-order chi connectivity index (χ1) is 13.1. The summed E-state index contributed by atoms with van der Waals surface area (Å²) in [5, 5.41) is 16.7. The van der Waals surface area contributed by atoms with E-state index in [1.807, 2.05) is 47.5 Å². The lowest BCUT2D eigenvalue weighted by Crippen LogP contribution is -2.53. The summed E-state index contributed by atoms with van der Waals surface area (Å²) in [5.74, 6) is 0.628. The molecule has 0 aromatic heterocycles. The molecule has 2 aliphatic heterocycles. The molecule has 0 fully saturated rings. The topological polar surface area (TPSA) is 62.1 Å². The molecule has 5 nitrogen and oxygen atoms in total. The molecule has 140 valence electrons. The minimum absolute atomic E-state index is 0.0513. The van der Waals surface area contributed by atoms with Crippen molar-refractivity contribution in [1.82, 2.24) is 0 Å². The number of carbonyl (C=O) groups is 1. The van der Waals surface area contributed by atoms with E-state index in [9.17, 15) is 9.90 Å². The lowest BCUT2D eigenvalue weighted by Gasteiger charge is -2.41. The van der Waals surface area contributed by atoms with Gasteiger partial charge in [0.15, 0.2) is 5.78 Å². The summed E-state index contributed by atoms with van der Waals surface area (Å²) in [7, 11) is 0. The van der Waals surface area contributed by atoms with Crippen molar-refractivity contribution in [3.8, 4) is 5.75 Å². The van der Waals surface area contributed by atoms with Crippen LogP contribution in [0.15, 0.2) is 53.6 Å². The zero-order valence-corrected chi connectivity index (χ0v) is 15.8. The fraction of sp³-hybridized carbons (Fsp3) is 0.333. The molecule has 4 rings (SSSR count). The number of halogens is 1. The van der Waals surface area contributed by atoms with Crippen LogP contribution in [0.2, 0.25) is 5.02 Å². The van der Waals surface area contributed by atoms with Crippen LogP contribution in [-0.4, -0.2) is 35.9 Å². The van der Waals surface area contributed by atoms with Gasteiger partial charge in [-0.1, -0.05) is 41.9 Å². The zero-order chi connectivity index (χ0) is 19.0. The number of hydrogen-bond donors (Lipinski definition) is 1.